The number of halogens is 2. The van der Waals surface area contributed by atoms with E-state index in [1.165, 1.54) is 0 Å². The highest BCUT2D eigenvalue weighted by atomic mass is 35.5. The van der Waals surface area contributed by atoms with E-state index in [0.717, 1.165) is 5.57 Å². The van der Waals surface area contributed by atoms with Gasteiger partial charge in [-0.05, 0) is 48.7 Å². The van der Waals surface area contributed by atoms with Crippen molar-refractivity contribution in [2.75, 3.05) is 24.7 Å². The van der Waals surface area contributed by atoms with Crippen LogP contribution in [0.4, 0.5) is 5.69 Å². The van der Waals surface area contributed by atoms with E-state index in [1.54, 1.807) is 58.0 Å². The number of rotatable bonds is 13. The van der Waals surface area contributed by atoms with Crippen molar-refractivity contribution in [2.45, 2.75) is 32.7 Å². The molecule has 0 spiro atoms. The summed E-state index contributed by atoms with van der Waals surface area (Å²) in [5, 5.41) is 0.943. The number of benzene rings is 2. The van der Waals surface area contributed by atoms with Gasteiger partial charge in [0.15, 0.2) is 12.3 Å². The maximum Gasteiger partial charge on any atom is 0.374 e. The number of nitrogens with zero attached hydrogens (tertiary/aromatic N) is 2. The van der Waals surface area contributed by atoms with Gasteiger partial charge in [-0.3, -0.25) is 8.37 Å². The maximum absolute atomic E-state index is 10.8. The first-order chi connectivity index (χ1) is 19.3. The van der Waals surface area contributed by atoms with E-state index >= 15 is 0 Å². The van der Waals surface area contributed by atoms with Gasteiger partial charge in [-0.2, -0.15) is 4.57 Å². The molecule has 0 fully saturated rings. The molecular weight excluding hydrogens is 623 g/mol. The fraction of sp³-hybridized carbons (Fsp3) is 0.320. The van der Waals surface area contributed by atoms with Gasteiger partial charge in [-0.25, -0.2) is 16.8 Å². The number of aromatic nitrogens is 1. The van der Waals surface area contributed by atoms with Crippen molar-refractivity contribution in [1.29, 1.82) is 0 Å². The van der Waals surface area contributed by atoms with Gasteiger partial charge in [0.2, 0.25) is 32.3 Å². The highest BCUT2D eigenvalue weighted by Crippen LogP contribution is 2.41. The number of fused-ring (bicyclic) bond motifs is 2. The first kappa shape index (κ1) is 31.3. The molecule has 222 valence electrons. The minimum Gasteiger partial charge on any atom is -0.726 e. The van der Waals surface area contributed by atoms with E-state index in [4.69, 9.17) is 32.4 Å². The average molecular weight is 649 g/mol. The van der Waals surface area contributed by atoms with Crippen LogP contribution in [0.1, 0.15) is 32.1 Å². The van der Waals surface area contributed by atoms with Crippen LogP contribution in [0.25, 0.3) is 17.2 Å². The van der Waals surface area contributed by atoms with Crippen LogP contribution in [-0.4, -0.2) is 45.7 Å². The first-order valence-corrected chi connectivity index (χ1v) is 15.7. The predicted octanol–water partition coefficient (Wildman–Crippen LogP) is 4.29. The molecule has 4 rings (SSSR count). The number of anilines is 1. The van der Waals surface area contributed by atoms with Gasteiger partial charge in [0.05, 0.1) is 25.0 Å². The quantitative estimate of drug-likeness (QED) is 0.112. The average Bonchev–Trinajstić information content (AvgIpc) is 3.39. The van der Waals surface area contributed by atoms with Crippen molar-refractivity contribution in [3.8, 4) is 5.75 Å². The number of oxazole rings is 1. The van der Waals surface area contributed by atoms with E-state index in [9.17, 15) is 25.9 Å². The third-order valence-electron chi connectivity index (χ3n) is 5.92. The Morgan fingerprint density at radius 1 is 1.00 bits per heavy atom. The van der Waals surface area contributed by atoms with Crippen LogP contribution in [0, 0.1) is 0 Å². The molecule has 2 aromatic carbocycles. The molecule has 1 aliphatic heterocycles. The smallest absolute Gasteiger partial charge is 0.374 e. The zero-order valence-electron chi connectivity index (χ0n) is 21.6. The lowest BCUT2D eigenvalue weighted by Gasteiger charge is -2.19. The Balaban J connectivity index is 1.65. The van der Waals surface area contributed by atoms with Gasteiger partial charge < -0.3 is 23.2 Å². The molecule has 41 heavy (non-hydrogen) atoms. The van der Waals surface area contributed by atoms with Crippen LogP contribution < -0.4 is 14.2 Å². The third kappa shape index (κ3) is 8.66. The Labute approximate surface area is 247 Å². The number of allylic oxidation sites excluding steroid dienone is 2. The summed E-state index contributed by atoms with van der Waals surface area (Å²) in [4.78, 5) is 1.79. The van der Waals surface area contributed by atoms with E-state index in [2.05, 4.69) is 8.37 Å². The molecule has 0 atom stereocenters. The largest absolute Gasteiger partial charge is 0.726 e. The predicted molar refractivity (Wildman–Crippen MR) is 148 cm³/mol. The second-order valence-corrected chi connectivity index (χ2v) is 11.8. The Kier molecular flexibility index (Phi) is 9.97. The van der Waals surface area contributed by atoms with Gasteiger partial charge in [0, 0.05) is 35.2 Å². The Hall–Kier alpha value is -2.69. The molecule has 1 aliphatic rings. The third-order valence-corrected chi connectivity index (χ3v) is 7.30. The topological polar surface area (TPSA) is 162 Å². The maximum atomic E-state index is 10.8. The van der Waals surface area contributed by atoms with Gasteiger partial charge in [-0.1, -0.05) is 30.1 Å². The van der Waals surface area contributed by atoms with Crippen molar-refractivity contribution >= 4 is 66.9 Å². The van der Waals surface area contributed by atoms with Crippen LogP contribution >= 0.6 is 23.2 Å². The van der Waals surface area contributed by atoms with Crippen molar-refractivity contribution in [1.82, 2.24) is 0 Å². The summed E-state index contributed by atoms with van der Waals surface area (Å²) in [5.41, 5.74) is 2.63. The van der Waals surface area contributed by atoms with Crippen LogP contribution in [-0.2, 0) is 35.7 Å². The normalized spacial score (nSPS) is 15.1. The van der Waals surface area contributed by atoms with E-state index in [-0.39, 0.29) is 39.1 Å². The molecule has 0 amide bonds. The van der Waals surface area contributed by atoms with Gasteiger partial charge in [0.1, 0.15) is 0 Å². The molecular formula is C25H25Cl2N2O10S2-. The van der Waals surface area contributed by atoms with Gasteiger partial charge in [0.25, 0.3) is 5.52 Å². The highest BCUT2D eigenvalue weighted by molar-refractivity contribution is 7.81. The molecule has 0 saturated carbocycles. The monoisotopic (exact) mass is 647 g/mol. The highest BCUT2D eigenvalue weighted by Gasteiger charge is 2.27. The number of hydrogen-bond donors (Lipinski definition) is 0. The summed E-state index contributed by atoms with van der Waals surface area (Å²) in [7, 11) is -9.62. The fourth-order valence-corrected chi connectivity index (χ4v) is 5.13. The summed E-state index contributed by atoms with van der Waals surface area (Å²) < 4.78 is 87.5. The van der Waals surface area contributed by atoms with E-state index < -0.39 is 20.8 Å². The lowest BCUT2D eigenvalue weighted by atomic mass is 10.1. The Morgan fingerprint density at radius 2 is 1.66 bits per heavy atom. The molecule has 0 N–H and O–H groups in total. The van der Waals surface area contributed by atoms with Crippen LogP contribution in [0.5, 0.6) is 5.75 Å². The zero-order valence-corrected chi connectivity index (χ0v) is 24.8. The minimum atomic E-state index is -4.81. The van der Waals surface area contributed by atoms with Crippen molar-refractivity contribution in [3.05, 3.63) is 69.9 Å². The molecule has 0 aliphatic carbocycles. The molecule has 3 aromatic rings. The van der Waals surface area contributed by atoms with Crippen molar-refractivity contribution in [3.63, 3.8) is 0 Å². The standard InChI is InChI=1S/C25H26Cl2N2O10S2/c1-2-17(13-24-28(9-3-11-36-40(30,31)32)20-15-18(26)5-7-22(20)38-24)14-25-29(10-4-12-37-41(33,34)35)21-16-19(27)6-8-23(21)39-25/h5-8,13-16H,2-4,9-12H2,1H3,(H-,30,31,32,33,34,35)/p-1. The lowest BCUT2D eigenvalue weighted by Crippen LogP contribution is -2.36. The first-order valence-electron chi connectivity index (χ1n) is 12.3. The summed E-state index contributed by atoms with van der Waals surface area (Å²) in [6, 6.07) is 10.2. The van der Waals surface area contributed by atoms with Crippen LogP contribution in [0.3, 0.4) is 0 Å². The van der Waals surface area contributed by atoms with Gasteiger partial charge >= 0.3 is 5.89 Å². The molecule has 2 heterocycles. The number of aryl methyl sites for hydroxylation is 1. The van der Waals surface area contributed by atoms with E-state index in [1.807, 2.05) is 6.92 Å². The summed E-state index contributed by atoms with van der Waals surface area (Å²) in [6.45, 7) is 1.84. The van der Waals surface area contributed by atoms with Crippen molar-refractivity contribution in [2.24, 2.45) is 0 Å². The second kappa shape index (κ2) is 13.1. The van der Waals surface area contributed by atoms with Crippen LogP contribution in [0.15, 0.2) is 58.3 Å². The molecule has 0 saturated heterocycles. The minimum absolute atomic E-state index is 0.199. The summed E-state index contributed by atoms with van der Waals surface area (Å²) in [5.74, 6) is 1.40. The van der Waals surface area contributed by atoms with Gasteiger partial charge in [-0.15, -0.1) is 0 Å². The second-order valence-electron chi connectivity index (χ2n) is 8.79. The van der Waals surface area contributed by atoms with E-state index in [0.29, 0.717) is 50.8 Å². The zero-order chi connectivity index (χ0) is 29.8. The Bertz CT molecular complexity index is 1700. The molecule has 0 bridgehead atoms. The van der Waals surface area contributed by atoms with Crippen LogP contribution in [0.2, 0.25) is 10.0 Å². The summed E-state index contributed by atoms with van der Waals surface area (Å²) in [6.07, 6.45) is 4.52. The molecule has 12 nitrogen and oxygen atoms in total. The van der Waals surface area contributed by atoms with Crippen molar-refractivity contribution < 1.29 is 48.0 Å². The SMILES string of the molecule is CCC(/C=C1\Oc2ccc(Cl)cc2N1CCCOS(=O)(=O)[O-])=C\c1oc2ccc(Cl)cc2[n+]1CCCOS(=O)(=O)[O-]. The Morgan fingerprint density at radius 3 is 2.34 bits per heavy atom. The fourth-order valence-electron chi connectivity index (χ4n) is 4.15. The lowest BCUT2D eigenvalue weighted by molar-refractivity contribution is -0.678. The molecule has 0 unspecified atom stereocenters. The molecule has 1 aromatic heterocycles. The molecule has 16 heteroatoms. The summed E-state index contributed by atoms with van der Waals surface area (Å²) >= 11 is 12.4. The molecule has 0 radical (unpaired) electrons. The number of hydrogen-bond acceptors (Lipinski definition) is 11. The number of ether oxygens (including phenoxy) is 1.